The van der Waals surface area contributed by atoms with Crippen molar-refractivity contribution in [2.75, 3.05) is 6.61 Å². The van der Waals surface area contributed by atoms with Gasteiger partial charge in [0, 0.05) is 11.8 Å². The van der Waals surface area contributed by atoms with Crippen LogP contribution >= 0.6 is 12.2 Å². The predicted molar refractivity (Wildman–Crippen MR) is 68.2 cm³/mol. The van der Waals surface area contributed by atoms with E-state index in [0.29, 0.717) is 0 Å². The third kappa shape index (κ3) is 2.52. The van der Waals surface area contributed by atoms with Crippen LogP contribution in [0.15, 0.2) is 11.0 Å². The normalized spacial score (nSPS) is 29.3. The van der Waals surface area contributed by atoms with Gasteiger partial charge in [0.1, 0.15) is 18.3 Å². The summed E-state index contributed by atoms with van der Waals surface area (Å²) < 4.78 is 6.57. The molecular formula is C11H13N3O5S. The Kier molecular flexibility index (Phi) is 4.32. The van der Waals surface area contributed by atoms with Crippen molar-refractivity contribution in [3.05, 3.63) is 26.9 Å². The highest BCUT2D eigenvalue weighted by atomic mass is 32.1. The highest BCUT2D eigenvalue weighted by Gasteiger charge is 2.43. The van der Waals surface area contributed by atoms with Crippen LogP contribution in [0.3, 0.4) is 0 Å². The number of nitrogens with one attached hydrogen (secondary N) is 1. The van der Waals surface area contributed by atoms with Crippen molar-refractivity contribution in [3.8, 4) is 6.07 Å². The van der Waals surface area contributed by atoms with Crippen LogP contribution in [0.5, 0.6) is 0 Å². The summed E-state index contributed by atoms with van der Waals surface area (Å²) in [6, 6.07) is 1.84. The molecule has 1 aliphatic heterocycles. The molecule has 4 N–H and O–H groups in total. The zero-order valence-corrected chi connectivity index (χ0v) is 11.1. The van der Waals surface area contributed by atoms with Crippen LogP contribution in [-0.2, 0) is 11.2 Å². The molecule has 4 atom stereocenters. The Balaban J connectivity index is 2.43. The Hall–Kier alpha value is -1.57. The maximum atomic E-state index is 11.6. The lowest BCUT2D eigenvalue weighted by atomic mass is 10.1. The second-order valence-electron chi connectivity index (χ2n) is 4.38. The molecule has 1 fully saturated rings. The molecule has 0 aromatic carbocycles. The van der Waals surface area contributed by atoms with Crippen molar-refractivity contribution in [2.24, 2.45) is 0 Å². The van der Waals surface area contributed by atoms with Crippen LogP contribution in [0, 0.1) is 16.1 Å². The van der Waals surface area contributed by atoms with E-state index in [1.165, 1.54) is 10.8 Å². The number of aromatic amines is 1. The van der Waals surface area contributed by atoms with E-state index in [2.05, 4.69) is 4.98 Å². The van der Waals surface area contributed by atoms with E-state index < -0.39 is 36.7 Å². The van der Waals surface area contributed by atoms with E-state index in [-0.39, 0.29) is 16.8 Å². The fourth-order valence-electron chi connectivity index (χ4n) is 2.04. The molecule has 0 radical (unpaired) electrons. The number of aliphatic hydroxyl groups excluding tert-OH is 3. The largest absolute Gasteiger partial charge is 0.394 e. The van der Waals surface area contributed by atoms with E-state index in [1.54, 1.807) is 0 Å². The molecule has 9 heteroatoms. The second-order valence-corrected chi connectivity index (χ2v) is 4.77. The highest BCUT2D eigenvalue weighted by Crippen LogP contribution is 2.29. The minimum Gasteiger partial charge on any atom is -0.394 e. The van der Waals surface area contributed by atoms with Gasteiger partial charge in [-0.3, -0.25) is 14.3 Å². The summed E-state index contributed by atoms with van der Waals surface area (Å²) in [5.41, 5.74) is -0.321. The third-order valence-electron chi connectivity index (χ3n) is 3.10. The van der Waals surface area contributed by atoms with Crippen LogP contribution in [0.25, 0.3) is 0 Å². The molecule has 0 amide bonds. The van der Waals surface area contributed by atoms with Gasteiger partial charge in [-0.25, -0.2) is 0 Å². The number of ether oxygens (including phenoxy) is 1. The molecule has 0 unspecified atom stereocenters. The molecule has 8 nitrogen and oxygen atoms in total. The quantitative estimate of drug-likeness (QED) is 0.504. The molecule has 0 spiro atoms. The molecule has 1 aromatic rings. The first-order chi connectivity index (χ1) is 9.49. The number of aliphatic hydroxyl groups is 3. The van der Waals surface area contributed by atoms with Gasteiger partial charge in [-0.1, -0.05) is 0 Å². The third-order valence-corrected chi connectivity index (χ3v) is 3.42. The molecule has 0 bridgehead atoms. The Morgan fingerprint density at radius 2 is 2.20 bits per heavy atom. The highest BCUT2D eigenvalue weighted by molar-refractivity contribution is 7.71. The average molecular weight is 299 g/mol. The summed E-state index contributed by atoms with van der Waals surface area (Å²) >= 11 is 4.98. The number of nitriles is 1. The maximum Gasteiger partial charge on any atom is 0.255 e. The van der Waals surface area contributed by atoms with Crippen LogP contribution < -0.4 is 5.56 Å². The summed E-state index contributed by atoms with van der Waals surface area (Å²) in [4.78, 5) is 14.0. The van der Waals surface area contributed by atoms with Gasteiger partial charge in [-0.15, -0.1) is 0 Å². The molecular weight excluding hydrogens is 286 g/mol. The number of aromatic nitrogens is 2. The molecule has 2 heterocycles. The van der Waals surface area contributed by atoms with Crippen molar-refractivity contribution in [1.29, 1.82) is 5.26 Å². The molecule has 0 aliphatic carbocycles. The maximum absolute atomic E-state index is 11.6. The first-order valence-electron chi connectivity index (χ1n) is 5.83. The Labute approximate surface area is 118 Å². The monoisotopic (exact) mass is 299 g/mol. The van der Waals surface area contributed by atoms with E-state index in [4.69, 9.17) is 27.3 Å². The lowest BCUT2D eigenvalue weighted by Gasteiger charge is -2.18. The minimum atomic E-state index is -1.31. The zero-order chi connectivity index (χ0) is 14.9. The van der Waals surface area contributed by atoms with Crippen molar-refractivity contribution < 1.29 is 20.1 Å². The Bertz CT molecular complexity index is 649. The minimum absolute atomic E-state index is 0.00784. The summed E-state index contributed by atoms with van der Waals surface area (Å²) in [7, 11) is 0. The van der Waals surface area contributed by atoms with Crippen LogP contribution in [-0.4, -0.2) is 49.8 Å². The van der Waals surface area contributed by atoms with E-state index >= 15 is 0 Å². The van der Waals surface area contributed by atoms with Gasteiger partial charge in [-0.2, -0.15) is 5.26 Å². The molecule has 0 saturated carbocycles. The van der Waals surface area contributed by atoms with Crippen molar-refractivity contribution >= 4 is 12.2 Å². The summed E-state index contributed by atoms with van der Waals surface area (Å²) in [5.74, 6) is 0. The van der Waals surface area contributed by atoms with Crippen LogP contribution in [0.4, 0.5) is 0 Å². The van der Waals surface area contributed by atoms with E-state index in [0.717, 1.165) is 0 Å². The van der Waals surface area contributed by atoms with E-state index in [9.17, 15) is 15.0 Å². The first-order valence-corrected chi connectivity index (χ1v) is 6.24. The molecule has 1 aliphatic rings. The van der Waals surface area contributed by atoms with Gasteiger partial charge in [-0.05, 0) is 12.2 Å². The van der Waals surface area contributed by atoms with Gasteiger partial charge in [0.25, 0.3) is 5.56 Å². The smallest absolute Gasteiger partial charge is 0.255 e. The van der Waals surface area contributed by atoms with Gasteiger partial charge >= 0.3 is 0 Å². The lowest BCUT2D eigenvalue weighted by molar-refractivity contribution is -0.0542. The standard InChI is InChI=1S/C11H13N3O5S/c12-2-1-5-3-14(11(20)13-9(5)18)10-8(17)7(16)6(4-15)19-10/h3,6-8,10,15-17H,1,4H2,(H,13,18,20)/t6-,7-,8-,10-/m1/s1. The summed E-state index contributed by atoms with van der Waals surface area (Å²) in [5, 5.41) is 37.3. The number of H-pyrrole nitrogens is 1. The topological polar surface area (TPSA) is 132 Å². The number of hydrogen-bond donors (Lipinski definition) is 4. The number of nitrogens with zero attached hydrogens (tertiary/aromatic N) is 2. The summed E-state index contributed by atoms with van der Waals surface area (Å²) in [6.45, 7) is -0.462. The Morgan fingerprint density at radius 3 is 2.75 bits per heavy atom. The van der Waals surface area contributed by atoms with Gasteiger partial charge in [0.05, 0.1) is 19.1 Å². The second kappa shape index (κ2) is 5.82. The number of rotatable bonds is 3. The lowest BCUT2D eigenvalue weighted by Crippen LogP contribution is -2.33. The van der Waals surface area contributed by atoms with Crippen molar-refractivity contribution in [2.45, 2.75) is 31.0 Å². The molecule has 108 valence electrons. The van der Waals surface area contributed by atoms with Crippen LogP contribution in [0.1, 0.15) is 11.8 Å². The van der Waals surface area contributed by atoms with Gasteiger partial charge in [0.15, 0.2) is 11.0 Å². The molecule has 1 saturated heterocycles. The molecule has 1 aromatic heterocycles. The van der Waals surface area contributed by atoms with Gasteiger partial charge in [0.2, 0.25) is 0 Å². The fourth-order valence-corrected chi connectivity index (χ4v) is 2.29. The molecule has 20 heavy (non-hydrogen) atoms. The molecule has 2 rings (SSSR count). The first kappa shape index (κ1) is 14.8. The van der Waals surface area contributed by atoms with Crippen LogP contribution in [0.2, 0.25) is 0 Å². The van der Waals surface area contributed by atoms with Gasteiger partial charge < -0.3 is 20.1 Å². The average Bonchev–Trinajstić information content (AvgIpc) is 2.70. The fraction of sp³-hybridized carbons (Fsp3) is 0.545. The Morgan fingerprint density at radius 1 is 1.50 bits per heavy atom. The van der Waals surface area contributed by atoms with Crippen molar-refractivity contribution in [1.82, 2.24) is 9.55 Å². The number of hydrogen-bond acceptors (Lipinski definition) is 7. The summed E-state index contributed by atoms with van der Waals surface area (Å²) in [6.07, 6.45) is -3.37. The predicted octanol–water partition coefficient (Wildman–Crippen LogP) is -1.42. The van der Waals surface area contributed by atoms with Crippen molar-refractivity contribution in [3.63, 3.8) is 0 Å². The van der Waals surface area contributed by atoms with E-state index in [1.807, 2.05) is 6.07 Å². The zero-order valence-electron chi connectivity index (χ0n) is 10.3. The SMILES string of the molecule is N#CCc1cn([C@@H]2O[C@H](CO)[C@@H](O)[C@H]2O)c(=S)[nH]c1=O.